The van der Waals surface area contributed by atoms with E-state index in [0.717, 1.165) is 28.9 Å². The Labute approximate surface area is 101 Å². The molecule has 0 radical (unpaired) electrons. The summed E-state index contributed by atoms with van der Waals surface area (Å²) in [5.41, 5.74) is 7.76. The molecule has 1 aromatic heterocycles. The molecular formula is C12H19N3S. The van der Waals surface area contributed by atoms with Crippen molar-refractivity contribution in [1.29, 1.82) is 0 Å². The van der Waals surface area contributed by atoms with Crippen molar-refractivity contribution in [2.45, 2.75) is 31.4 Å². The summed E-state index contributed by atoms with van der Waals surface area (Å²) in [5.74, 6) is 2.13. The predicted molar refractivity (Wildman–Crippen MR) is 72.0 cm³/mol. The summed E-state index contributed by atoms with van der Waals surface area (Å²) in [6.45, 7) is 2.98. The standard InChI is InChI=1S/C12H19N3S/c1-9-6-11(13)12(14-7-9)15-8-10-4-2-3-5-16-10/h6-7,10H,2-5,8,13H2,1H3,(H,14,15). The fraction of sp³-hybridized carbons (Fsp3) is 0.583. The van der Waals surface area contributed by atoms with E-state index < -0.39 is 0 Å². The maximum absolute atomic E-state index is 5.91. The van der Waals surface area contributed by atoms with Crippen LogP contribution in [0.2, 0.25) is 0 Å². The maximum atomic E-state index is 5.91. The van der Waals surface area contributed by atoms with Crippen LogP contribution >= 0.6 is 11.8 Å². The lowest BCUT2D eigenvalue weighted by atomic mass is 10.2. The van der Waals surface area contributed by atoms with Crippen LogP contribution in [0.5, 0.6) is 0 Å². The van der Waals surface area contributed by atoms with Crippen LogP contribution in [0.25, 0.3) is 0 Å². The Kier molecular flexibility index (Phi) is 3.93. The van der Waals surface area contributed by atoms with Gasteiger partial charge in [0.1, 0.15) is 5.82 Å². The minimum absolute atomic E-state index is 0.719. The summed E-state index contributed by atoms with van der Waals surface area (Å²) in [6, 6.07) is 1.96. The van der Waals surface area contributed by atoms with Gasteiger partial charge < -0.3 is 11.1 Å². The number of anilines is 2. The second kappa shape index (κ2) is 5.43. The van der Waals surface area contributed by atoms with Gasteiger partial charge in [0.25, 0.3) is 0 Å². The molecule has 1 fully saturated rings. The lowest BCUT2D eigenvalue weighted by molar-refractivity contribution is 0.677. The van der Waals surface area contributed by atoms with Crippen molar-refractivity contribution in [3.05, 3.63) is 17.8 Å². The Hall–Kier alpha value is -0.900. The average Bonchev–Trinajstić information content (AvgIpc) is 2.29. The molecule has 2 rings (SSSR count). The van der Waals surface area contributed by atoms with Gasteiger partial charge in [0, 0.05) is 18.0 Å². The number of hydrogen-bond acceptors (Lipinski definition) is 4. The van der Waals surface area contributed by atoms with E-state index in [-0.39, 0.29) is 0 Å². The third-order valence-corrected chi connectivity index (χ3v) is 4.22. The molecule has 0 aromatic carbocycles. The molecule has 1 saturated heterocycles. The van der Waals surface area contributed by atoms with E-state index >= 15 is 0 Å². The first-order chi connectivity index (χ1) is 7.75. The van der Waals surface area contributed by atoms with Crippen LogP contribution in [0.3, 0.4) is 0 Å². The first-order valence-corrected chi connectivity index (χ1v) is 6.88. The van der Waals surface area contributed by atoms with Gasteiger partial charge in [0.15, 0.2) is 0 Å². The van der Waals surface area contributed by atoms with Crippen LogP contribution in [-0.4, -0.2) is 22.5 Å². The van der Waals surface area contributed by atoms with Crippen molar-refractivity contribution in [3.8, 4) is 0 Å². The fourth-order valence-corrected chi connectivity index (χ4v) is 3.16. The zero-order valence-corrected chi connectivity index (χ0v) is 10.5. The van der Waals surface area contributed by atoms with Gasteiger partial charge >= 0.3 is 0 Å². The minimum atomic E-state index is 0.719. The molecule has 2 heterocycles. The number of nitrogens with zero attached hydrogens (tertiary/aromatic N) is 1. The molecular weight excluding hydrogens is 218 g/mol. The summed E-state index contributed by atoms with van der Waals surface area (Å²) >= 11 is 2.06. The quantitative estimate of drug-likeness (QED) is 0.848. The molecule has 0 spiro atoms. The van der Waals surface area contributed by atoms with Gasteiger partial charge in [-0.1, -0.05) is 6.42 Å². The highest BCUT2D eigenvalue weighted by atomic mass is 32.2. The molecule has 0 bridgehead atoms. The lowest BCUT2D eigenvalue weighted by Gasteiger charge is -2.22. The molecule has 1 unspecified atom stereocenters. The van der Waals surface area contributed by atoms with Gasteiger partial charge in [-0.2, -0.15) is 11.8 Å². The molecule has 3 nitrogen and oxygen atoms in total. The van der Waals surface area contributed by atoms with Gasteiger partial charge in [-0.3, -0.25) is 0 Å². The Morgan fingerprint density at radius 3 is 3.12 bits per heavy atom. The lowest BCUT2D eigenvalue weighted by Crippen LogP contribution is -2.21. The normalized spacial score (nSPS) is 20.7. The van der Waals surface area contributed by atoms with E-state index in [0.29, 0.717) is 0 Å². The smallest absolute Gasteiger partial charge is 0.149 e. The highest BCUT2D eigenvalue weighted by Crippen LogP contribution is 2.25. The number of nitrogens with two attached hydrogens (primary N) is 1. The summed E-state index contributed by atoms with van der Waals surface area (Å²) in [4.78, 5) is 4.32. The third-order valence-electron chi connectivity index (χ3n) is 2.83. The van der Waals surface area contributed by atoms with Crippen LogP contribution in [0.4, 0.5) is 11.5 Å². The number of hydrogen-bond donors (Lipinski definition) is 2. The third kappa shape index (κ3) is 3.04. The highest BCUT2D eigenvalue weighted by Gasteiger charge is 2.14. The van der Waals surface area contributed by atoms with E-state index in [1.54, 1.807) is 0 Å². The van der Waals surface area contributed by atoms with E-state index in [2.05, 4.69) is 22.1 Å². The van der Waals surface area contributed by atoms with Crippen molar-refractivity contribution < 1.29 is 0 Å². The van der Waals surface area contributed by atoms with Crippen LogP contribution < -0.4 is 11.1 Å². The molecule has 4 heteroatoms. The van der Waals surface area contributed by atoms with Crippen molar-refractivity contribution >= 4 is 23.3 Å². The molecule has 3 N–H and O–H groups in total. The zero-order valence-electron chi connectivity index (χ0n) is 9.70. The first-order valence-electron chi connectivity index (χ1n) is 5.83. The van der Waals surface area contributed by atoms with Crippen LogP contribution in [0, 0.1) is 6.92 Å². The van der Waals surface area contributed by atoms with Gasteiger partial charge in [0.05, 0.1) is 5.69 Å². The summed E-state index contributed by atoms with van der Waals surface area (Å²) in [5, 5.41) is 4.07. The van der Waals surface area contributed by atoms with Crippen molar-refractivity contribution in [2.24, 2.45) is 0 Å². The number of nitrogen functional groups attached to an aromatic ring is 1. The molecule has 88 valence electrons. The van der Waals surface area contributed by atoms with Gasteiger partial charge in [0.2, 0.25) is 0 Å². The van der Waals surface area contributed by atoms with Crippen LogP contribution in [0.1, 0.15) is 24.8 Å². The number of pyridine rings is 1. The summed E-state index contributed by atoms with van der Waals surface area (Å²) in [6.07, 6.45) is 5.89. The SMILES string of the molecule is Cc1cnc(NCC2CCCCS2)c(N)c1. The van der Waals surface area contributed by atoms with Gasteiger partial charge in [-0.25, -0.2) is 4.98 Å². The zero-order chi connectivity index (χ0) is 11.4. The summed E-state index contributed by atoms with van der Waals surface area (Å²) < 4.78 is 0. The fourth-order valence-electron chi connectivity index (χ4n) is 1.92. The number of thioether (sulfide) groups is 1. The first kappa shape index (κ1) is 11.6. The summed E-state index contributed by atoms with van der Waals surface area (Å²) in [7, 11) is 0. The molecule has 1 atom stereocenters. The Bertz CT molecular complexity index is 348. The Morgan fingerprint density at radius 1 is 1.56 bits per heavy atom. The van der Waals surface area contributed by atoms with Gasteiger partial charge in [-0.15, -0.1) is 0 Å². The van der Waals surface area contributed by atoms with E-state index in [9.17, 15) is 0 Å². The van der Waals surface area contributed by atoms with Crippen molar-refractivity contribution in [3.63, 3.8) is 0 Å². The molecule has 0 amide bonds. The molecule has 0 aliphatic carbocycles. The Balaban J connectivity index is 1.88. The molecule has 1 aliphatic rings. The maximum Gasteiger partial charge on any atom is 0.149 e. The number of aromatic nitrogens is 1. The van der Waals surface area contributed by atoms with Crippen LogP contribution in [0.15, 0.2) is 12.3 Å². The van der Waals surface area contributed by atoms with Crippen LogP contribution in [-0.2, 0) is 0 Å². The second-order valence-corrected chi connectivity index (χ2v) is 5.73. The molecule has 0 saturated carbocycles. The van der Waals surface area contributed by atoms with E-state index in [4.69, 9.17) is 5.73 Å². The number of rotatable bonds is 3. The molecule has 1 aromatic rings. The molecule has 16 heavy (non-hydrogen) atoms. The highest BCUT2D eigenvalue weighted by molar-refractivity contribution is 7.99. The predicted octanol–water partition coefficient (Wildman–Crippen LogP) is 2.67. The Morgan fingerprint density at radius 2 is 2.44 bits per heavy atom. The monoisotopic (exact) mass is 237 g/mol. The number of nitrogens with one attached hydrogen (secondary N) is 1. The van der Waals surface area contributed by atoms with Gasteiger partial charge in [-0.05, 0) is 37.1 Å². The minimum Gasteiger partial charge on any atom is -0.396 e. The number of aryl methyl sites for hydroxylation is 1. The average molecular weight is 237 g/mol. The largest absolute Gasteiger partial charge is 0.396 e. The topological polar surface area (TPSA) is 50.9 Å². The molecule has 1 aliphatic heterocycles. The second-order valence-electron chi connectivity index (χ2n) is 4.32. The van der Waals surface area contributed by atoms with E-state index in [1.165, 1.54) is 25.0 Å². The van der Waals surface area contributed by atoms with E-state index in [1.807, 2.05) is 19.2 Å². The van der Waals surface area contributed by atoms with Crippen molar-refractivity contribution in [2.75, 3.05) is 23.3 Å². The van der Waals surface area contributed by atoms with Crippen molar-refractivity contribution in [1.82, 2.24) is 4.98 Å².